The number of rotatable bonds is 10. The van der Waals surface area contributed by atoms with Crippen molar-refractivity contribution in [1.82, 2.24) is 10.2 Å². The summed E-state index contributed by atoms with van der Waals surface area (Å²) >= 11 is 0. The van der Waals surface area contributed by atoms with Crippen molar-refractivity contribution in [3.8, 4) is 0 Å². The smallest absolute Gasteiger partial charge is 0.303 e. The van der Waals surface area contributed by atoms with Crippen LogP contribution in [0.1, 0.15) is 74.9 Å². The summed E-state index contributed by atoms with van der Waals surface area (Å²) in [7, 11) is 0. The normalized spacial score (nSPS) is 29.0. The minimum Gasteiger partial charge on any atom is -0.481 e. The van der Waals surface area contributed by atoms with Crippen LogP contribution in [0.5, 0.6) is 0 Å². The van der Waals surface area contributed by atoms with Crippen LogP contribution in [0.25, 0.3) is 0 Å². The molecule has 1 aromatic rings. The van der Waals surface area contributed by atoms with E-state index < -0.39 is 36.9 Å². The molecule has 7 N–H and O–H groups in total. The molecule has 0 aromatic heterocycles. The van der Waals surface area contributed by atoms with Gasteiger partial charge in [-0.05, 0) is 31.7 Å². The summed E-state index contributed by atoms with van der Waals surface area (Å²) < 4.78 is 0. The number of aliphatic hydroxyl groups excluding tert-OH is 4. The number of hydrogen-bond acceptors (Lipinski definition) is 8. The molecule has 2 heterocycles. The molecular weight excluding hydrogens is 390 g/mol. The number of benzene rings is 1. The van der Waals surface area contributed by atoms with E-state index in [1.807, 2.05) is 12.1 Å². The minimum atomic E-state index is -1.06. The Morgan fingerprint density at radius 2 is 1.77 bits per heavy atom. The minimum absolute atomic E-state index is 0.218. The molecule has 9 heteroatoms. The molecule has 5 unspecified atom stereocenters. The van der Waals surface area contributed by atoms with Gasteiger partial charge in [-0.3, -0.25) is 10.1 Å². The maximum absolute atomic E-state index is 10.9. The highest BCUT2D eigenvalue weighted by Crippen LogP contribution is 2.45. The Morgan fingerprint density at radius 3 is 2.50 bits per heavy atom. The second-order valence-electron chi connectivity index (χ2n) is 8.11. The summed E-state index contributed by atoms with van der Waals surface area (Å²) in [6, 6.07) is 4.94. The first-order valence-corrected chi connectivity index (χ1v) is 10.7. The number of aliphatic carboxylic acids is 1. The number of aliphatic hydroxyl groups is 4. The number of piperidine rings is 1. The van der Waals surface area contributed by atoms with Gasteiger partial charge in [0.1, 0.15) is 24.9 Å². The lowest BCUT2D eigenvalue weighted by Gasteiger charge is -2.40. The quantitative estimate of drug-likeness (QED) is 0.276. The van der Waals surface area contributed by atoms with Gasteiger partial charge in [-0.15, -0.1) is 0 Å². The highest BCUT2D eigenvalue weighted by molar-refractivity contribution is 5.66. The molecular formula is C21H33N3O6. The van der Waals surface area contributed by atoms with Gasteiger partial charge in [0.25, 0.3) is 0 Å². The summed E-state index contributed by atoms with van der Waals surface area (Å²) in [5, 5.41) is 56.3. The highest BCUT2D eigenvalue weighted by atomic mass is 16.4. The first-order chi connectivity index (χ1) is 14.4. The Kier molecular flexibility index (Phi) is 8.04. The second kappa shape index (κ2) is 10.5. The fourth-order valence-corrected chi connectivity index (χ4v) is 4.40. The van der Waals surface area contributed by atoms with Gasteiger partial charge < -0.3 is 30.8 Å². The van der Waals surface area contributed by atoms with E-state index >= 15 is 0 Å². The van der Waals surface area contributed by atoms with Gasteiger partial charge in [0.2, 0.25) is 0 Å². The van der Waals surface area contributed by atoms with E-state index in [4.69, 9.17) is 5.11 Å². The van der Waals surface area contributed by atoms with Crippen molar-refractivity contribution >= 4 is 11.7 Å². The first kappa shape index (κ1) is 22.9. The van der Waals surface area contributed by atoms with Crippen LogP contribution >= 0.6 is 0 Å². The van der Waals surface area contributed by atoms with Crippen LogP contribution < -0.4 is 10.6 Å². The maximum Gasteiger partial charge on any atom is 0.303 e. The van der Waals surface area contributed by atoms with Crippen LogP contribution in [0.4, 0.5) is 5.69 Å². The zero-order chi connectivity index (χ0) is 21.7. The van der Waals surface area contributed by atoms with Gasteiger partial charge in [-0.1, -0.05) is 31.4 Å². The third-order valence-electron chi connectivity index (χ3n) is 5.97. The summed E-state index contributed by atoms with van der Waals surface area (Å²) in [5.74, 6) is -0.753. The molecule has 0 bridgehead atoms. The first-order valence-electron chi connectivity index (χ1n) is 10.7. The van der Waals surface area contributed by atoms with Gasteiger partial charge in [0.15, 0.2) is 0 Å². The number of nitrogens with zero attached hydrogens (tertiary/aromatic N) is 1. The molecule has 0 saturated carbocycles. The molecule has 0 radical (unpaired) electrons. The number of carbonyl (C=O) groups is 1. The molecule has 3 rings (SSSR count). The summed E-state index contributed by atoms with van der Waals surface area (Å²) in [6.45, 7) is 0.706. The molecule has 0 spiro atoms. The van der Waals surface area contributed by atoms with E-state index in [0.717, 1.165) is 31.4 Å². The molecule has 168 valence electrons. The molecule has 2 aliphatic rings. The molecule has 2 aliphatic heterocycles. The van der Waals surface area contributed by atoms with E-state index in [2.05, 4.69) is 10.6 Å². The highest BCUT2D eigenvalue weighted by Gasteiger charge is 2.45. The third-order valence-corrected chi connectivity index (χ3v) is 5.97. The fraction of sp³-hybridized carbons (Fsp3) is 0.667. The Labute approximate surface area is 176 Å². The molecule has 30 heavy (non-hydrogen) atoms. The van der Waals surface area contributed by atoms with Gasteiger partial charge in [-0.2, -0.15) is 0 Å². The van der Waals surface area contributed by atoms with Gasteiger partial charge in [-0.25, -0.2) is 4.90 Å². The molecule has 5 atom stereocenters. The number of fused-ring (bicyclic) bond motifs is 1. The summed E-state index contributed by atoms with van der Waals surface area (Å²) in [5.41, 5.74) is 1.98. The number of carboxylic acid groups (broad SMARTS) is 1. The number of anilines is 1. The fourth-order valence-electron chi connectivity index (χ4n) is 4.40. The zero-order valence-corrected chi connectivity index (χ0v) is 17.1. The zero-order valence-electron chi connectivity index (χ0n) is 17.1. The van der Waals surface area contributed by atoms with Gasteiger partial charge in [0.05, 0.1) is 6.04 Å². The van der Waals surface area contributed by atoms with Gasteiger partial charge >= 0.3 is 5.97 Å². The number of unbranched alkanes of at least 4 members (excludes halogenated alkanes) is 4. The standard InChI is InChI=1S/C21H33N3O6/c25-16-11-10-15(19(28)23-16)24-20(29)13-7-6-8-14(18(13)21(24)30)22-12-5-3-1-2-4-9-17(26)27/h6-8,15-16,19-23,25,28-30H,1-5,9-12H2,(H,26,27). The topological polar surface area (TPSA) is 146 Å². The SMILES string of the molecule is O=C(O)CCCCCCCNc1cccc2c1C(O)N(C1CCC(O)NC1O)C2O. The largest absolute Gasteiger partial charge is 0.481 e. The molecule has 1 saturated heterocycles. The van der Waals surface area contributed by atoms with Crippen molar-refractivity contribution in [2.24, 2.45) is 0 Å². The average molecular weight is 424 g/mol. The van der Waals surface area contributed by atoms with Crippen LogP contribution in [0, 0.1) is 0 Å². The van der Waals surface area contributed by atoms with Crippen molar-refractivity contribution in [1.29, 1.82) is 0 Å². The lowest BCUT2D eigenvalue weighted by Crippen LogP contribution is -2.57. The number of carboxylic acids is 1. The summed E-state index contributed by atoms with van der Waals surface area (Å²) in [6.07, 6.45) is 1.63. The molecule has 0 amide bonds. The van der Waals surface area contributed by atoms with E-state index in [-0.39, 0.29) is 6.42 Å². The Hall–Kier alpha value is -1.75. The van der Waals surface area contributed by atoms with Crippen LogP contribution in [-0.4, -0.2) is 61.4 Å². The number of nitrogens with one attached hydrogen (secondary N) is 2. The van der Waals surface area contributed by atoms with E-state index in [1.165, 1.54) is 4.90 Å². The van der Waals surface area contributed by atoms with Crippen molar-refractivity contribution < 1.29 is 30.3 Å². The molecule has 1 fully saturated rings. The second-order valence-corrected chi connectivity index (χ2v) is 8.11. The van der Waals surface area contributed by atoms with E-state index in [9.17, 15) is 25.2 Å². The van der Waals surface area contributed by atoms with Crippen molar-refractivity contribution in [3.63, 3.8) is 0 Å². The van der Waals surface area contributed by atoms with Crippen molar-refractivity contribution in [2.45, 2.75) is 82.3 Å². The predicted molar refractivity (Wildman–Crippen MR) is 110 cm³/mol. The molecule has 1 aromatic carbocycles. The van der Waals surface area contributed by atoms with Crippen LogP contribution in [0.15, 0.2) is 18.2 Å². The maximum atomic E-state index is 10.9. The van der Waals surface area contributed by atoms with Gasteiger partial charge in [0, 0.05) is 29.8 Å². The van der Waals surface area contributed by atoms with Crippen molar-refractivity contribution in [2.75, 3.05) is 11.9 Å². The van der Waals surface area contributed by atoms with Crippen LogP contribution in [-0.2, 0) is 4.79 Å². The van der Waals surface area contributed by atoms with Crippen LogP contribution in [0.2, 0.25) is 0 Å². The lowest BCUT2D eigenvalue weighted by molar-refractivity contribution is -0.158. The van der Waals surface area contributed by atoms with Crippen molar-refractivity contribution in [3.05, 3.63) is 29.3 Å². The number of hydrogen-bond donors (Lipinski definition) is 7. The van der Waals surface area contributed by atoms with E-state index in [0.29, 0.717) is 36.9 Å². The summed E-state index contributed by atoms with van der Waals surface area (Å²) in [4.78, 5) is 12.0. The van der Waals surface area contributed by atoms with Crippen LogP contribution in [0.3, 0.4) is 0 Å². The predicted octanol–water partition coefficient (Wildman–Crippen LogP) is 1.21. The van der Waals surface area contributed by atoms with E-state index in [1.54, 1.807) is 6.07 Å². The average Bonchev–Trinajstić information content (AvgIpc) is 2.95. The lowest BCUT2D eigenvalue weighted by atomic mass is 10.0. The molecule has 0 aliphatic carbocycles. The molecule has 9 nitrogen and oxygen atoms in total. The Morgan fingerprint density at radius 1 is 1.03 bits per heavy atom. The Balaban J connectivity index is 1.55. The third kappa shape index (κ3) is 5.29. The monoisotopic (exact) mass is 423 g/mol. The Bertz CT molecular complexity index is 718.